The zero-order valence-electron chi connectivity index (χ0n) is 16.6. The van der Waals surface area contributed by atoms with E-state index in [-0.39, 0.29) is 5.91 Å². The van der Waals surface area contributed by atoms with E-state index in [0.29, 0.717) is 18.1 Å². The maximum atomic E-state index is 12.2. The normalized spacial score (nSPS) is 10.4. The second-order valence-corrected chi connectivity index (χ2v) is 6.66. The van der Waals surface area contributed by atoms with Crippen LogP contribution in [0.15, 0.2) is 67.0 Å². The van der Waals surface area contributed by atoms with Crippen LogP contribution in [0.25, 0.3) is 0 Å². The Labute approximate surface area is 171 Å². The highest BCUT2D eigenvalue weighted by Crippen LogP contribution is 2.12. The van der Waals surface area contributed by atoms with Crippen LogP contribution < -0.4 is 15.4 Å². The van der Waals surface area contributed by atoms with Crippen LogP contribution in [0.2, 0.25) is 0 Å². The predicted molar refractivity (Wildman–Crippen MR) is 114 cm³/mol. The van der Waals surface area contributed by atoms with Crippen molar-refractivity contribution in [3.8, 4) is 5.75 Å². The molecule has 6 heteroatoms. The Bertz CT molecular complexity index is 881. The van der Waals surface area contributed by atoms with Crippen LogP contribution in [-0.2, 0) is 12.8 Å². The summed E-state index contributed by atoms with van der Waals surface area (Å²) >= 11 is 0. The molecule has 2 N–H and O–H groups in total. The molecule has 6 nitrogen and oxygen atoms in total. The van der Waals surface area contributed by atoms with E-state index >= 15 is 0 Å². The number of anilines is 1. The highest BCUT2D eigenvalue weighted by atomic mass is 16.5. The van der Waals surface area contributed by atoms with Gasteiger partial charge in [-0.3, -0.25) is 4.79 Å². The lowest BCUT2D eigenvalue weighted by atomic mass is 10.1. The largest absolute Gasteiger partial charge is 0.497 e. The van der Waals surface area contributed by atoms with Crippen LogP contribution in [-0.4, -0.2) is 36.1 Å². The van der Waals surface area contributed by atoms with Crippen molar-refractivity contribution in [2.75, 3.05) is 25.5 Å². The van der Waals surface area contributed by atoms with Gasteiger partial charge >= 0.3 is 0 Å². The number of aromatic nitrogens is 2. The summed E-state index contributed by atoms with van der Waals surface area (Å²) in [7, 11) is 1.66. The third-order valence-electron chi connectivity index (χ3n) is 4.53. The molecule has 3 aromatic rings. The Kier molecular flexibility index (Phi) is 7.57. The minimum absolute atomic E-state index is 0.199. The van der Waals surface area contributed by atoms with Gasteiger partial charge in [-0.05, 0) is 42.5 Å². The summed E-state index contributed by atoms with van der Waals surface area (Å²) in [6.07, 6.45) is 5.77. The number of methoxy groups -OCH3 is 1. The van der Waals surface area contributed by atoms with E-state index in [2.05, 4.69) is 32.7 Å². The van der Waals surface area contributed by atoms with Gasteiger partial charge in [0.15, 0.2) is 0 Å². The highest BCUT2D eigenvalue weighted by molar-refractivity contribution is 5.91. The zero-order valence-corrected chi connectivity index (χ0v) is 16.6. The molecule has 0 saturated carbocycles. The van der Waals surface area contributed by atoms with Gasteiger partial charge in [0.05, 0.1) is 19.5 Å². The van der Waals surface area contributed by atoms with Crippen LogP contribution in [0.4, 0.5) is 5.82 Å². The van der Waals surface area contributed by atoms with Crippen molar-refractivity contribution in [2.24, 2.45) is 0 Å². The van der Waals surface area contributed by atoms with E-state index in [4.69, 9.17) is 4.74 Å². The molecule has 0 aliphatic heterocycles. The first-order valence-corrected chi connectivity index (χ1v) is 9.75. The van der Waals surface area contributed by atoms with Gasteiger partial charge in [0.25, 0.3) is 5.91 Å². The first-order chi connectivity index (χ1) is 14.2. The fourth-order valence-corrected chi connectivity index (χ4v) is 2.89. The molecule has 3 rings (SSSR count). The van der Waals surface area contributed by atoms with Crippen molar-refractivity contribution < 1.29 is 9.53 Å². The molecule has 0 bridgehead atoms. The molecule has 0 aliphatic carbocycles. The Morgan fingerprint density at radius 1 is 0.897 bits per heavy atom. The van der Waals surface area contributed by atoms with Crippen LogP contribution in [0, 0.1) is 0 Å². The van der Waals surface area contributed by atoms with Gasteiger partial charge in [0.1, 0.15) is 17.3 Å². The molecule has 0 spiro atoms. The fraction of sp³-hybridized carbons (Fsp3) is 0.261. The van der Waals surface area contributed by atoms with Gasteiger partial charge in [-0.1, -0.05) is 42.5 Å². The number of amides is 1. The molecule has 1 aromatic heterocycles. The predicted octanol–water partition coefficient (Wildman–Crippen LogP) is 3.50. The molecule has 0 saturated heterocycles. The molecule has 0 aliphatic rings. The third-order valence-corrected chi connectivity index (χ3v) is 4.53. The van der Waals surface area contributed by atoms with Gasteiger partial charge in [0, 0.05) is 13.1 Å². The van der Waals surface area contributed by atoms with Crippen molar-refractivity contribution in [3.05, 3.63) is 83.8 Å². The minimum Gasteiger partial charge on any atom is -0.497 e. The molecule has 29 heavy (non-hydrogen) atoms. The number of carbonyl (C=O) groups is 1. The standard InChI is InChI=1S/C23H26N4O2/c1-29-20-11-9-19(10-12-20)13-15-24-22-17-26-21(16-27-22)23(28)25-14-5-8-18-6-3-2-4-7-18/h2-4,6-7,9-12,16-17H,5,8,13-15H2,1H3,(H,24,27)(H,25,28). The smallest absolute Gasteiger partial charge is 0.271 e. The number of rotatable bonds is 10. The summed E-state index contributed by atoms with van der Waals surface area (Å²) in [4.78, 5) is 20.7. The second kappa shape index (κ2) is 10.8. The van der Waals surface area contributed by atoms with Crippen molar-refractivity contribution in [3.63, 3.8) is 0 Å². The highest BCUT2D eigenvalue weighted by Gasteiger charge is 2.07. The number of carbonyl (C=O) groups excluding carboxylic acids is 1. The Hall–Kier alpha value is -3.41. The number of ether oxygens (including phenoxy) is 1. The second-order valence-electron chi connectivity index (χ2n) is 6.66. The molecule has 150 valence electrons. The van der Waals surface area contributed by atoms with Gasteiger partial charge in [0.2, 0.25) is 0 Å². The van der Waals surface area contributed by atoms with Crippen molar-refractivity contribution in [1.29, 1.82) is 0 Å². The maximum Gasteiger partial charge on any atom is 0.271 e. The molecule has 0 fully saturated rings. The summed E-state index contributed by atoms with van der Waals surface area (Å²) in [6.45, 7) is 1.34. The van der Waals surface area contributed by atoms with Crippen LogP contribution >= 0.6 is 0 Å². The number of hydrogen-bond donors (Lipinski definition) is 2. The first-order valence-electron chi connectivity index (χ1n) is 9.75. The number of aryl methyl sites for hydroxylation is 1. The summed E-state index contributed by atoms with van der Waals surface area (Å²) in [5.74, 6) is 1.30. The Balaban J connectivity index is 1.37. The molecule has 0 atom stereocenters. The van der Waals surface area contributed by atoms with Gasteiger partial charge < -0.3 is 15.4 Å². The number of nitrogens with one attached hydrogen (secondary N) is 2. The van der Waals surface area contributed by atoms with Gasteiger partial charge in [-0.25, -0.2) is 9.97 Å². The van der Waals surface area contributed by atoms with E-state index in [9.17, 15) is 4.79 Å². The molecule has 1 amide bonds. The minimum atomic E-state index is -0.199. The van der Waals surface area contributed by atoms with Crippen LogP contribution in [0.3, 0.4) is 0 Å². The van der Waals surface area contributed by atoms with Crippen LogP contribution in [0.1, 0.15) is 28.0 Å². The lowest BCUT2D eigenvalue weighted by molar-refractivity contribution is 0.0948. The summed E-state index contributed by atoms with van der Waals surface area (Å²) in [5, 5.41) is 6.11. The quantitative estimate of drug-likeness (QED) is 0.518. The summed E-state index contributed by atoms with van der Waals surface area (Å²) in [6, 6.07) is 18.2. The van der Waals surface area contributed by atoms with Crippen molar-refractivity contribution in [2.45, 2.75) is 19.3 Å². The molecule has 1 heterocycles. The lowest BCUT2D eigenvalue weighted by Gasteiger charge is -2.08. The SMILES string of the molecule is COc1ccc(CCNc2cnc(C(=O)NCCCc3ccccc3)cn2)cc1. The molecular weight excluding hydrogens is 364 g/mol. The molecule has 0 radical (unpaired) electrons. The maximum absolute atomic E-state index is 12.2. The number of nitrogens with zero attached hydrogens (tertiary/aromatic N) is 2. The lowest BCUT2D eigenvalue weighted by Crippen LogP contribution is -2.26. The monoisotopic (exact) mass is 390 g/mol. The third kappa shape index (κ3) is 6.60. The Morgan fingerprint density at radius 3 is 2.34 bits per heavy atom. The summed E-state index contributed by atoms with van der Waals surface area (Å²) in [5.41, 5.74) is 2.80. The first kappa shape index (κ1) is 20.3. The summed E-state index contributed by atoms with van der Waals surface area (Å²) < 4.78 is 5.16. The Morgan fingerprint density at radius 2 is 1.66 bits per heavy atom. The van der Waals surface area contributed by atoms with Crippen LogP contribution in [0.5, 0.6) is 5.75 Å². The van der Waals surface area contributed by atoms with Crippen molar-refractivity contribution in [1.82, 2.24) is 15.3 Å². The van der Waals surface area contributed by atoms with E-state index in [1.807, 2.05) is 42.5 Å². The van der Waals surface area contributed by atoms with Crippen molar-refractivity contribution >= 4 is 11.7 Å². The number of hydrogen-bond acceptors (Lipinski definition) is 5. The molecular formula is C23H26N4O2. The topological polar surface area (TPSA) is 76.1 Å². The molecule has 2 aromatic carbocycles. The fourth-order valence-electron chi connectivity index (χ4n) is 2.89. The van der Waals surface area contributed by atoms with E-state index in [1.165, 1.54) is 17.3 Å². The van der Waals surface area contributed by atoms with E-state index in [0.717, 1.165) is 31.6 Å². The average molecular weight is 390 g/mol. The molecule has 0 unspecified atom stereocenters. The van der Waals surface area contributed by atoms with Gasteiger partial charge in [-0.2, -0.15) is 0 Å². The zero-order chi connectivity index (χ0) is 20.3. The van der Waals surface area contributed by atoms with E-state index in [1.54, 1.807) is 13.3 Å². The van der Waals surface area contributed by atoms with Gasteiger partial charge in [-0.15, -0.1) is 0 Å². The average Bonchev–Trinajstić information content (AvgIpc) is 2.78. The van der Waals surface area contributed by atoms with E-state index < -0.39 is 0 Å². The number of benzene rings is 2.